The van der Waals surface area contributed by atoms with Gasteiger partial charge in [0.1, 0.15) is 17.1 Å². The van der Waals surface area contributed by atoms with E-state index >= 15 is 4.39 Å². The van der Waals surface area contributed by atoms with Crippen molar-refractivity contribution in [3.63, 3.8) is 0 Å². The maximum atomic E-state index is 15.2. The summed E-state index contributed by atoms with van der Waals surface area (Å²) in [5.74, 6) is 4.60. The monoisotopic (exact) mass is 493 g/mol. The number of piperazine rings is 1. The molecule has 5 rings (SSSR count). The smallest absolute Gasteiger partial charge is 0.341 e. The lowest BCUT2D eigenvalue weighted by atomic mass is 10.1. The number of benzene rings is 2. The fraction of sp³-hybridized carbons (Fsp3) is 0.346. The van der Waals surface area contributed by atoms with E-state index in [1.807, 2.05) is 33.7 Å². The summed E-state index contributed by atoms with van der Waals surface area (Å²) < 4.78 is 22.2. The Balaban J connectivity index is 1.35. The van der Waals surface area contributed by atoms with Crippen molar-refractivity contribution in [2.45, 2.75) is 18.9 Å². The summed E-state index contributed by atoms with van der Waals surface area (Å²) in [5, 5.41) is 13.5. The number of aromatic nitrogens is 1. The van der Waals surface area contributed by atoms with Gasteiger partial charge >= 0.3 is 5.97 Å². The maximum Gasteiger partial charge on any atom is 0.341 e. The largest absolute Gasteiger partial charge is 0.497 e. The minimum absolute atomic E-state index is 0.102. The predicted molar refractivity (Wildman–Crippen MR) is 136 cm³/mol. The van der Waals surface area contributed by atoms with Crippen molar-refractivity contribution in [3.8, 4) is 5.75 Å². The first kappa shape index (κ1) is 23.8. The van der Waals surface area contributed by atoms with Crippen LogP contribution >= 0.6 is 0 Å². The van der Waals surface area contributed by atoms with Gasteiger partial charge in [0.15, 0.2) is 0 Å². The molecule has 2 fully saturated rings. The first-order chi connectivity index (χ1) is 17.4. The number of hydrogen-bond acceptors (Lipinski definition) is 7. The van der Waals surface area contributed by atoms with Gasteiger partial charge in [-0.05, 0) is 54.8 Å². The highest BCUT2D eigenvalue weighted by atomic mass is 19.1. The van der Waals surface area contributed by atoms with Crippen LogP contribution in [0, 0.1) is 5.82 Å². The zero-order valence-electron chi connectivity index (χ0n) is 20.0. The molecule has 1 saturated carbocycles. The van der Waals surface area contributed by atoms with Gasteiger partial charge in [-0.25, -0.2) is 9.18 Å². The maximum absolute atomic E-state index is 15.2. The van der Waals surface area contributed by atoms with Crippen molar-refractivity contribution in [1.82, 2.24) is 9.47 Å². The number of anilines is 1. The van der Waals surface area contributed by atoms with Crippen LogP contribution in [-0.4, -0.2) is 66.1 Å². The summed E-state index contributed by atoms with van der Waals surface area (Å²) in [7, 11) is 1.61. The molecule has 188 valence electrons. The molecule has 1 aromatic heterocycles. The van der Waals surface area contributed by atoms with E-state index < -0.39 is 17.2 Å². The van der Waals surface area contributed by atoms with Crippen molar-refractivity contribution in [3.05, 3.63) is 69.8 Å². The highest BCUT2D eigenvalue weighted by Gasteiger charge is 2.28. The van der Waals surface area contributed by atoms with Crippen molar-refractivity contribution >= 4 is 28.3 Å². The van der Waals surface area contributed by atoms with Crippen LogP contribution < -0.4 is 20.9 Å². The number of rotatable bonds is 7. The van der Waals surface area contributed by atoms with Gasteiger partial charge in [-0.2, -0.15) is 5.10 Å². The molecule has 9 nitrogen and oxygen atoms in total. The third-order valence-corrected chi connectivity index (χ3v) is 6.94. The zero-order chi connectivity index (χ0) is 25.4. The first-order valence-corrected chi connectivity index (χ1v) is 11.9. The Morgan fingerprint density at radius 2 is 1.86 bits per heavy atom. The number of carbonyl (C=O) groups is 1. The topological polar surface area (TPSA) is 113 Å². The number of hydrazone groups is 1. The molecular weight excluding hydrogens is 465 g/mol. The second-order valence-corrected chi connectivity index (χ2v) is 9.20. The van der Waals surface area contributed by atoms with Gasteiger partial charge in [0, 0.05) is 50.3 Å². The highest BCUT2D eigenvalue weighted by molar-refractivity contribution is 6.02. The van der Waals surface area contributed by atoms with Crippen LogP contribution in [-0.2, 0) is 0 Å². The summed E-state index contributed by atoms with van der Waals surface area (Å²) >= 11 is 0. The van der Waals surface area contributed by atoms with Crippen LogP contribution in [0.15, 0.2) is 52.5 Å². The molecule has 0 unspecified atom stereocenters. The molecule has 0 amide bonds. The molecule has 2 heterocycles. The van der Waals surface area contributed by atoms with E-state index in [9.17, 15) is 14.7 Å². The number of carboxylic acids is 1. The minimum Gasteiger partial charge on any atom is -0.497 e. The molecule has 0 atom stereocenters. The van der Waals surface area contributed by atoms with Crippen molar-refractivity contribution in [2.24, 2.45) is 10.9 Å². The number of fused-ring (bicyclic) bond motifs is 1. The number of halogens is 1. The first-order valence-electron chi connectivity index (χ1n) is 11.9. The van der Waals surface area contributed by atoms with Crippen LogP contribution in [0.5, 0.6) is 5.75 Å². The molecule has 0 radical (unpaired) electrons. The fourth-order valence-corrected chi connectivity index (χ4v) is 4.76. The van der Waals surface area contributed by atoms with Gasteiger partial charge in [0.25, 0.3) is 0 Å². The molecule has 3 N–H and O–H groups in total. The number of nitrogens with two attached hydrogens (primary N) is 1. The van der Waals surface area contributed by atoms with Gasteiger partial charge < -0.3 is 25.2 Å². The molecule has 2 aromatic carbocycles. The third-order valence-electron chi connectivity index (χ3n) is 6.94. The summed E-state index contributed by atoms with van der Waals surface area (Å²) in [6, 6.07) is 10.6. The lowest BCUT2D eigenvalue weighted by molar-refractivity contribution is 0.0695. The van der Waals surface area contributed by atoms with Gasteiger partial charge in [-0.1, -0.05) is 0 Å². The molecule has 10 heteroatoms. The third kappa shape index (κ3) is 4.51. The van der Waals surface area contributed by atoms with Crippen LogP contribution in [0.1, 0.15) is 34.8 Å². The summed E-state index contributed by atoms with van der Waals surface area (Å²) in [6.45, 7) is 3.10. The van der Waals surface area contributed by atoms with Crippen LogP contribution in [0.3, 0.4) is 0 Å². The number of aromatic carboxylic acids is 1. The van der Waals surface area contributed by atoms with Gasteiger partial charge in [0.2, 0.25) is 5.43 Å². The minimum atomic E-state index is -1.30. The Bertz CT molecular complexity index is 1390. The molecule has 36 heavy (non-hydrogen) atoms. The van der Waals surface area contributed by atoms with E-state index in [2.05, 4.69) is 10.0 Å². The van der Waals surface area contributed by atoms with E-state index in [-0.39, 0.29) is 17.0 Å². The molecule has 0 spiro atoms. The number of pyridine rings is 1. The van der Waals surface area contributed by atoms with E-state index in [1.54, 1.807) is 13.2 Å². The molecule has 1 aliphatic carbocycles. The van der Waals surface area contributed by atoms with Crippen LogP contribution in [0.25, 0.3) is 10.9 Å². The normalized spacial score (nSPS) is 16.9. The average Bonchev–Trinajstić information content (AvgIpc) is 3.73. The van der Waals surface area contributed by atoms with Crippen molar-refractivity contribution < 1.29 is 19.0 Å². The Morgan fingerprint density at radius 3 is 2.44 bits per heavy atom. The number of nitrogens with zero attached hydrogens (tertiary/aromatic N) is 4. The molecular formula is C26H28FN5O4. The number of methoxy groups -OCH3 is 1. The Hall–Kier alpha value is -3.92. The number of ether oxygens (including phenoxy) is 1. The predicted octanol–water partition coefficient (Wildman–Crippen LogP) is 2.67. The molecule has 1 saturated heterocycles. The van der Waals surface area contributed by atoms with Crippen LogP contribution in [0.2, 0.25) is 0 Å². The van der Waals surface area contributed by atoms with E-state index in [1.165, 1.54) is 12.3 Å². The van der Waals surface area contributed by atoms with Crippen molar-refractivity contribution in [1.29, 1.82) is 0 Å². The lowest BCUT2D eigenvalue weighted by Gasteiger charge is -2.36. The molecule has 3 aromatic rings. The highest BCUT2D eigenvalue weighted by Crippen LogP contribution is 2.38. The second kappa shape index (κ2) is 9.62. The Kier molecular flexibility index (Phi) is 6.36. The molecule has 0 bridgehead atoms. The second-order valence-electron chi connectivity index (χ2n) is 9.20. The summed E-state index contributed by atoms with van der Waals surface area (Å²) in [5.41, 5.74) is 1.68. The molecule has 2 aliphatic rings. The summed E-state index contributed by atoms with van der Waals surface area (Å²) in [4.78, 5) is 28.5. The van der Waals surface area contributed by atoms with Gasteiger partial charge in [-0.15, -0.1) is 0 Å². The van der Waals surface area contributed by atoms with E-state index in [0.29, 0.717) is 43.9 Å². The fourth-order valence-electron chi connectivity index (χ4n) is 4.76. The van der Waals surface area contributed by atoms with E-state index in [0.717, 1.165) is 29.9 Å². The van der Waals surface area contributed by atoms with Gasteiger partial charge in [0.05, 0.1) is 24.0 Å². The SMILES string of the molecule is COc1ccc(/C(CN2CCN(c3cc4c(cc3F)c(=O)c(C(=O)O)cn4C3CC3)CC2)=N\N)cc1. The lowest BCUT2D eigenvalue weighted by Crippen LogP contribution is -2.48. The number of hydrogen-bond donors (Lipinski definition) is 2. The Morgan fingerprint density at radius 1 is 1.17 bits per heavy atom. The molecule has 1 aliphatic heterocycles. The van der Waals surface area contributed by atoms with Crippen molar-refractivity contribution in [2.75, 3.05) is 44.7 Å². The van der Waals surface area contributed by atoms with Gasteiger partial charge in [-0.3, -0.25) is 9.69 Å². The Labute approximate surface area is 207 Å². The quantitative estimate of drug-likeness (QED) is 0.296. The number of carboxylic acid groups (broad SMARTS) is 1. The average molecular weight is 494 g/mol. The standard InChI is InChI=1S/C26H28FN5O4/c1-36-18-6-2-16(3-7-18)22(29-28)15-30-8-10-31(11-9-30)24-13-23-19(12-21(24)27)25(33)20(26(34)35)14-32(23)17-4-5-17/h2-3,6-7,12-14,17H,4-5,8-11,15,28H2,1H3,(H,34,35)/b29-22-. The van der Waals surface area contributed by atoms with Crippen LogP contribution in [0.4, 0.5) is 10.1 Å². The van der Waals surface area contributed by atoms with E-state index in [4.69, 9.17) is 10.6 Å². The zero-order valence-corrected chi connectivity index (χ0v) is 20.0. The summed E-state index contributed by atoms with van der Waals surface area (Å²) in [6.07, 6.45) is 3.21.